The van der Waals surface area contributed by atoms with Gasteiger partial charge in [0.15, 0.2) is 5.96 Å². The van der Waals surface area contributed by atoms with Crippen molar-refractivity contribution in [3.8, 4) is 0 Å². The van der Waals surface area contributed by atoms with E-state index in [0.717, 1.165) is 11.5 Å². The molecule has 2 atom stereocenters. The number of sulfonamides is 1. The molecule has 1 aliphatic rings. The molecule has 1 fully saturated rings. The SMILES string of the molecule is CN=C(NCc1ccc(S(=O)(=O)NC)cc1)NC1CC1C.I. The lowest BCUT2D eigenvalue weighted by Crippen LogP contribution is -2.38. The van der Waals surface area contributed by atoms with E-state index in [9.17, 15) is 8.42 Å². The highest BCUT2D eigenvalue weighted by Gasteiger charge is 2.33. The first-order chi connectivity index (χ1) is 9.96. The molecule has 0 saturated heterocycles. The molecule has 1 aromatic carbocycles. The van der Waals surface area contributed by atoms with E-state index in [-0.39, 0.29) is 28.9 Å². The molecule has 3 N–H and O–H groups in total. The van der Waals surface area contributed by atoms with Crippen molar-refractivity contribution in [1.29, 1.82) is 0 Å². The van der Waals surface area contributed by atoms with Crippen molar-refractivity contribution in [2.24, 2.45) is 10.9 Å². The van der Waals surface area contributed by atoms with Gasteiger partial charge in [-0.3, -0.25) is 4.99 Å². The van der Waals surface area contributed by atoms with Crippen LogP contribution in [0, 0.1) is 5.92 Å². The Morgan fingerprint density at radius 2 is 1.91 bits per heavy atom. The van der Waals surface area contributed by atoms with Gasteiger partial charge in [0.25, 0.3) is 0 Å². The minimum atomic E-state index is -3.37. The molecule has 0 heterocycles. The summed E-state index contributed by atoms with van der Waals surface area (Å²) in [5, 5.41) is 6.56. The molecule has 1 aromatic rings. The summed E-state index contributed by atoms with van der Waals surface area (Å²) < 4.78 is 25.6. The summed E-state index contributed by atoms with van der Waals surface area (Å²) in [6.07, 6.45) is 1.18. The largest absolute Gasteiger partial charge is 0.353 e. The summed E-state index contributed by atoms with van der Waals surface area (Å²) in [6, 6.07) is 7.30. The molecule has 1 saturated carbocycles. The van der Waals surface area contributed by atoms with E-state index in [2.05, 4.69) is 27.3 Å². The zero-order chi connectivity index (χ0) is 15.5. The molecule has 0 aromatic heterocycles. The Bertz CT molecular complexity index is 616. The first-order valence-corrected chi connectivity index (χ1v) is 8.44. The van der Waals surface area contributed by atoms with Crippen LogP contribution in [0.1, 0.15) is 18.9 Å². The van der Waals surface area contributed by atoms with Crippen molar-refractivity contribution in [2.75, 3.05) is 14.1 Å². The third-order valence-corrected chi connectivity index (χ3v) is 5.05. The number of nitrogens with one attached hydrogen (secondary N) is 3. The molecule has 8 heteroatoms. The molecule has 0 bridgehead atoms. The molecule has 0 amide bonds. The van der Waals surface area contributed by atoms with Crippen LogP contribution in [0.3, 0.4) is 0 Å². The Morgan fingerprint density at radius 3 is 2.36 bits per heavy atom. The summed E-state index contributed by atoms with van der Waals surface area (Å²) in [4.78, 5) is 4.44. The highest BCUT2D eigenvalue weighted by Crippen LogP contribution is 2.28. The second kappa shape index (κ2) is 8.11. The van der Waals surface area contributed by atoms with E-state index in [4.69, 9.17) is 0 Å². The van der Waals surface area contributed by atoms with Crippen LogP contribution in [0.25, 0.3) is 0 Å². The van der Waals surface area contributed by atoms with Gasteiger partial charge in [0.2, 0.25) is 10.0 Å². The molecule has 1 aliphatic carbocycles. The van der Waals surface area contributed by atoms with Crippen LogP contribution in [0.2, 0.25) is 0 Å². The quantitative estimate of drug-likeness (QED) is 0.368. The van der Waals surface area contributed by atoms with Gasteiger partial charge >= 0.3 is 0 Å². The van der Waals surface area contributed by atoms with Gasteiger partial charge in [-0.05, 0) is 37.1 Å². The maximum Gasteiger partial charge on any atom is 0.240 e. The maximum absolute atomic E-state index is 11.6. The van der Waals surface area contributed by atoms with Crippen LogP contribution in [0.15, 0.2) is 34.2 Å². The molecule has 2 unspecified atom stereocenters. The average molecular weight is 438 g/mol. The zero-order valence-corrected chi connectivity index (χ0v) is 16.1. The molecule has 6 nitrogen and oxygen atoms in total. The van der Waals surface area contributed by atoms with Crippen molar-refractivity contribution in [1.82, 2.24) is 15.4 Å². The summed E-state index contributed by atoms with van der Waals surface area (Å²) in [5.41, 5.74) is 0.997. The van der Waals surface area contributed by atoms with E-state index in [0.29, 0.717) is 18.5 Å². The fourth-order valence-electron chi connectivity index (χ4n) is 1.98. The molecule has 124 valence electrons. The second-order valence-electron chi connectivity index (χ2n) is 5.24. The van der Waals surface area contributed by atoms with E-state index >= 15 is 0 Å². The number of benzene rings is 1. The predicted molar refractivity (Wildman–Crippen MR) is 99.0 cm³/mol. The molecule has 0 radical (unpaired) electrons. The summed E-state index contributed by atoms with van der Waals surface area (Å²) in [6.45, 7) is 2.80. The minimum absolute atomic E-state index is 0. The van der Waals surface area contributed by atoms with Gasteiger partial charge in [0.05, 0.1) is 4.90 Å². The molecule has 0 spiro atoms. The normalized spacial score (nSPS) is 21.0. The molecular formula is C14H23IN4O2S. The van der Waals surface area contributed by atoms with Crippen LogP contribution in [0.5, 0.6) is 0 Å². The Hall–Kier alpha value is -0.870. The van der Waals surface area contributed by atoms with E-state index < -0.39 is 10.0 Å². The number of halogens is 1. The topological polar surface area (TPSA) is 82.6 Å². The lowest BCUT2D eigenvalue weighted by molar-refractivity contribution is 0.588. The Morgan fingerprint density at radius 1 is 1.32 bits per heavy atom. The fourth-order valence-corrected chi connectivity index (χ4v) is 2.71. The number of hydrogen-bond donors (Lipinski definition) is 3. The first kappa shape index (κ1) is 19.2. The number of nitrogens with zero attached hydrogens (tertiary/aromatic N) is 1. The van der Waals surface area contributed by atoms with E-state index in [1.165, 1.54) is 13.5 Å². The summed E-state index contributed by atoms with van der Waals surface area (Å²) in [7, 11) is -0.228. The maximum atomic E-state index is 11.6. The van der Waals surface area contributed by atoms with Gasteiger partial charge in [-0.1, -0.05) is 19.1 Å². The van der Waals surface area contributed by atoms with Crippen LogP contribution in [-0.4, -0.2) is 34.5 Å². The van der Waals surface area contributed by atoms with Gasteiger partial charge < -0.3 is 10.6 Å². The Labute approximate surface area is 149 Å². The van der Waals surface area contributed by atoms with Crippen molar-refractivity contribution >= 4 is 40.0 Å². The highest BCUT2D eigenvalue weighted by atomic mass is 127. The number of hydrogen-bond acceptors (Lipinski definition) is 3. The van der Waals surface area contributed by atoms with Gasteiger partial charge in [-0.15, -0.1) is 24.0 Å². The van der Waals surface area contributed by atoms with Crippen molar-refractivity contribution in [3.63, 3.8) is 0 Å². The van der Waals surface area contributed by atoms with Crippen LogP contribution >= 0.6 is 24.0 Å². The number of rotatable bonds is 5. The van der Waals surface area contributed by atoms with Gasteiger partial charge in [0.1, 0.15) is 0 Å². The third kappa shape index (κ3) is 5.10. The lowest BCUT2D eigenvalue weighted by Gasteiger charge is -2.12. The zero-order valence-electron chi connectivity index (χ0n) is 13.0. The number of guanidine groups is 1. The first-order valence-electron chi connectivity index (χ1n) is 6.96. The predicted octanol–water partition coefficient (Wildman–Crippen LogP) is 1.29. The smallest absolute Gasteiger partial charge is 0.240 e. The van der Waals surface area contributed by atoms with Crippen molar-refractivity contribution in [2.45, 2.75) is 30.8 Å². The molecule has 2 rings (SSSR count). The summed E-state index contributed by atoms with van der Waals surface area (Å²) in [5.74, 6) is 1.48. The van der Waals surface area contributed by atoms with Crippen molar-refractivity contribution < 1.29 is 8.42 Å². The molecule has 22 heavy (non-hydrogen) atoms. The standard InChI is InChI=1S/C14H22N4O2S.HI/c1-10-8-13(10)18-14(15-2)17-9-11-4-6-12(7-5-11)21(19,20)16-3;/h4-7,10,13,16H,8-9H2,1-3H3,(H2,15,17,18);1H. The van der Waals surface area contributed by atoms with Gasteiger partial charge in [-0.2, -0.15) is 0 Å². The number of aliphatic imine (C=N–C) groups is 1. The molecular weight excluding hydrogens is 415 g/mol. The lowest BCUT2D eigenvalue weighted by atomic mass is 10.2. The minimum Gasteiger partial charge on any atom is -0.353 e. The van der Waals surface area contributed by atoms with E-state index in [1.807, 2.05) is 0 Å². The van der Waals surface area contributed by atoms with Crippen LogP contribution in [-0.2, 0) is 16.6 Å². The van der Waals surface area contributed by atoms with Gasteiger partial charge in [0, 0.05) is 19.6 Å². The monoisotopic (exact) mass is 438 g/mol. The summed E-state index contributed by atoms with van der Waals surface area (Å²) >= 11 is 0. The Balaban J connectivity index is 0.00000242. The average Bonchev–Trinajstić information content (AvgIpc) is 3.19. The van der Waals surface area contributed by atoms with Gasteiger partial charge in [-0.25, -0.2) is 13.1 Å². The highest BCUT2D eigenvalue weighted by molar-refractivity contribution is 14.0. The Kier molecular flexibility index (Phi) is 7.07. The van der Waals surface area contributed by atoms with E-state index in [1.54, 1.807) is 31.3 Å². The van der Waals surface area contributed by atoms with Crippen LogP contribution in [0.4, 0.5) is 0 Å². The second-order valence-corrected chi connectivity index (χ2v) is 7.13. The molecule has 0 aliphatic heterocycles. The third-order valence-electron chi connectivity index (χ3n) is 3.62. The van der Waals surface area contributed by atoms with Crippen molar-refractivity contribution in [3.05, 3.63) is 29.8 Å². The van der Waals surface area contributed by atoms with Crippen LogP contribution < -0.4 is 15.4 Å². The fraction of sp³-hybridized carbons (Fsp3) is 0.500.